The van der Waals surface area contributed by atoms with Crippen molar-refractivity contribution in [1.82, 2.24) is 9.80 Å². The van der Waals surface area contributed by atoms with Gasteiger partial charge in [-0.3, -0.25) is 19.2 Å². The van der Waals surface area contributed by atoms with Crippen molar-refractivity contribution in [2.45, 2.75) is 44.7 Å². The van der Waals surface area contributed by atoms with Crippen LogP contribution in [0.25, 0.3) is 0 Å². The number of hydrogen-bond donors (Lipinski definition) is 1. The largest absolute Gasteiger partial charge is 0.366 e. The second kappa shape index (κ2) is 9.27. The quantitative estimate of drug-likeness (QED) is 0.675. The van der Waals surface area contributed by atoms with Crippen LogP contribution in [-0.4, -0.2) is 58.5 Å². The van der Waals surface area contributed by atoms with E-state index in [4.69, 9.17) is 17.3 Å². The Hall–Kier alpha value is -2.71. The van der Waals surface area contributed by atoms with Crippen molar-refractivity contribution >= 4 is 46.4 Å². The summed E-state index contributed by atoms with van der Waals surface area (Å²) in [6, 6.07) is 9.16. The van der Waals surface area contributed by atoms with Gasteiger partial charge in [-0.2, -0.15) is 0 Å². The lowest BCUT2D eigenvalue weighted by molar-refractivity contribution is -0.138. The van der Waals surface area contributed by atoms with Crippen molar-refractivity contribution in [3.05, 3.63) is 56.7 Å². The molecule has 0 spiro atoms. The number of thiophene rings is 1. The van der Waals surface area contributed by atoms with Crippen LogP contribution in [0.4, 0.5) is 0 Å². The van der Waals surface area contributed by atoms with Crippen LogP contribution < -0.4 is 5.73 Å². The highest BCUT2D eigenvalue weighted by Crippen LogP contribution is 2.36. The second-order valence-electron chi connectivity index (χ2n) is 8.97. The molecule has 2 N–H and O–H groups in total. The van der Waals surface area contributed by atoms with Crippen molar-refractivity contribution in [3.8, 4) is 0 Å². The number of benzene rings is 1. The first-order chi connectivity index (χ1) is 15.7. The number of amides is 3. The van der Waals surface area contributed by atoms with E-state index in [-0.39, 0.29) is 36.1 Å². The van der Waals surface area contributed by atoms with Crippen molar-refractivity contribution < 1.29 is 19.2 Å². The Bertz CT molecular complexity index is 1110. The van der Waals surface area contributed by atoms with Gasteiger partial charge < -0.3 is 15.5 Å². The highest BCUT2D eigenvalue weighted by molar-refractivity contribution is 7.18. The third-order valence-electron chi connectivity index (χ3n) is 6.36. The van der Waals surface area contributed by atoms with E-state index in [0.717, 1.165) is 0 Å². The van der Waals surface area contributed by atoms with Crippen LogP contribution in [0, 0.1) is 5.92 Å². The van der Waals surface area contributed by atoms with Crippen molar-refractivity contribution in [1.29, 1.82) is 0 Å². The van der Waals surface area contributed by atoms with Gasteiger partial charge in [0.05, 0.1) is 27.7 Å². The van der Waals surface area contributed by atoms with E-state index in [1.54, 1.807) is 46.2 Å². The molecule has 9 heteroatoms. The standard InChI is InChI=1S/C24H26ClN3O4S/c1-13(2)11-16(14-5-3-4-6-15(14)22(26)30)23(31)27-10-9-17-21(27)18(29)12-28(17)24(32)19-7-8-20(25)33-19/h3-8,13,16-17,21H,9-12H2,1-2H3,(H2,26,30). The van der Waals surface area contributed by atoms with Gasteiger partial charge in [0.15, 0.2) is 5.78 Å². The number of rotatable bonds is 6. The molecule has 3 atom stereocenters. The van der Waals surface area contributed by atoms with Crippen molar-refractivity contribution in [2.75, 3.05) is 13.1 Å². The number of likely N-dealkylation sites (tertiary alicyclic amines) is 2. The number of nitrogens with two attached hydrogens (primary N) is 1. The number of primary amides is 1. The minimum Gasteiger partial charge on any atom is -0.366 e. The molecule has 0 radical (unpaired) electrons. The van der Waals surface area contributed by atoms with E-state index in [2.05, 4.69) is 0 Å². The van der Waals surface area contributed by atoms with E-state index in [1.165, 1.54) is 11.3 Å². The van der Waals surface area contributed by atoms with E-state index >= 15 is 0 Å². The normalized spacial score (nSPS) is 20.9. The zero-order chi connectivity index (χ0) is 23.9. The number of halogens is 1. The Morgan fingerprint density at radius 1 is 1.15 bits per heavy atom. The summed E-state index contributed by atoms with van der Waals surface area (Å²) in [5.41, 5.74) is 6.48. The second-order valence-corrected chi connectivity index (χ2v) is 10.7. The Kier molecular flexibility index (Phi) is 6.59. The molecule has 7 nitrogen and oxygen atoms in total. The molecule has 33 heavy (non-hydrogen) atoms. The number of hydrogen-bond acceptors (Lipinski definition) is 5. The minimum absolute atomic E-state index is 0.0276. The lowest BCUT2D eigenvalue weighted by Gasteiger charge is -2.29. The molecular weight excluding hydrogens is 462 g/mol. The Labute approximate surface area is 201 Å². The van der Waals surface area contributed by atoms with Gasteiger partial charge >= 0.3 is 0 Å². The van der Waals surface area contributed by atoms with Crippen LogP contribution in [0.1, 0.15) is 58.2 Å². The molecule has 0 bridgehead atoms. The Balaban J connectivity index is 1.62. The lowest BCUT2D eigenvalue weighted by atomic mass is 9.86. The molecule has 3 amide bonds. The monoisotopic (exact) mass is 487 g/mol. The molecule has 2 aromatic rings. The van der Waals surface area contributed by atoms with Crippen LogP contribution in [0.15, 0.2) is 36.4 Å². The summed E-state index contributed by atoms with van der Waals surface area (Å²) in [5.74, 6) is -1.59. The van der Waals surface area contributed by atoms with Gasteiger partial charge in [-0.05, 0) is 42.5 Å². The molecule has 0 saturated carbocycles. The molecule has 0 aliphatic carbocycles. The summed E-state index contributed by atoms with van der Waals surface area (Å²) >= 11 is 7.16. The first-order valence-electron chi connectivity index (χ1n) is 11.0. The van der Waals surface area contributed by atoms with Gasteiger partial charge in [-0.1, -0.05) is 43.6 Å². The van der Waals surface area contributed by atoms with E-state index in [0.29, 0.717) is 39.7 Å². The summed E-state index contributed by atoms with van der Waals surface area (Å²) in [5, 5.41) is 0. The lowest BCUT2D eigenvalue weighted by Crippen LogP contribution is -2.45. The van der Waals surface area contributed by atoms with Gasteiger partial charge in [0.25, 0.3) is 5.91 Å². The van der Waals surface area contributed by atoms with Gasteiger partial charge in [-0.25, -0.2) is 0 Å². The molecule has 2 aliphatic heterocycles. The van der Waals surface area contributed by atoms with Gasteiger partial charge in [-0.15, -0.1) is 11.3 Å². The SMILES string of the molecule is CC(C)CC(C(=O)N1CCC2C1C(=O)CN2C(=O)c1ccc(Cl)s1)c1ccccc1C(N)=O. The molecule has 1 aromatic heterocycles. The van der Waals surface area contributed by atoms with Crippen LogP contribution >= 0.6 is 22.9 Å². The third kappa shape index (κ3) is 4.42. The zero-order valence-corrected chi connectivity index (χ0v) is 20.1. The molecule has 1 aromatic carbocycles. The number of carbonyl (C=O) groups excluding carboxylic acids is 4. The number of ketones is 1. The summed E-state index contributed by atoms with van der Waals surface area (Å²) in [7, 11) is 0. The predicted octanol–water partition coefficient (Wildman–Crippen LogP) is 3.32. The average molecular weight is 488 g/mol. The molecule has 4 rings (SSSR count). The molecule has 2 aliphatic rings. The molecule has 3 unspecified atom stereocenters. The average Bonchev–Trinajstić information content (AvgIpc) is 3.48. The molecule has 2 fully saturated rings. The van der Waals surface area contributed by atoms with Gasteiger partial charge in [0.1, 0.15) is 6.04 Å². The van der Waals surface area contributed by atoms with E-state index in [1.807, 2.05) is 13.8 Å². The van der Waals surface area contributed by atoms with Crippen LogP contribution in [0.5, 0.6) is 0 Å². The van der Waals surface area contributed by atoms with E-state index < -0.39 is 17.9 Å². The van der Waals surface area contributed by atoms with E-state index in [9.17, 15) is 19.2 Å². The van der Waals surface area contributed by atoms with Gasteiger partial charge in [0, 0.05) is 12.1 Å². The minimum atomic E-state index is -0.674. The maximum Gasteiger partial charge on any atom is 0.264 e. The predicted molar refractivity (Wildman–Crippen MR) is 126 cm³/mol. The van der Waals surface area contributed by atoms with Crippen LogP contribution in [-0.2, 0) is 9.59 Å². The molecule has 174 valence electrons. The highest BCUT2D eigenvalue weighted by Gasteiger charge is 2.52. The molecule has 2 saturated heterocycles. The summed E-state index contributed by atoms with van der Waals surface area (Å²) in [4.78, 5) is 55.5. The van der Waals surface area contributed by atoms with Gasteiger partial charge in [0.2, 0.25) is 11.8 Å². The fourth-order valence-corrected chi connectivity index (χ4v) is 5.97. The fraction of sp³-hybridized carbons (Fsp3) is 0.417. The first kappa shape index (κ1) is 23.4. The van der Waals surface area contributed by atoms with Crippen LogP contribution in [0.2, 0.25) is 4.34 Å². The summed E-state index contributed by atoms with van der Waals surface area (Å²) < 4.78 is 0.508. The number of carbonyl (C=O) groups is 4. The Morgan fingerprint density at radius 2 is 1.88 bits per heavy atom. The highest BCUT2D eigenvalue weighted by atomic mass is 35.5. The maximum absolute atomic E-state index is 13.8. The maximum atomic E-state index is 13.8. The number of nitrogens with zero attached hydrogens (tertiary/aromatic N) is 2. The summed E-state index contributed by atoms with van der Waals surface area (Å²) in [6.07, 6.45) is 1.04. The number of Topliss-reactive ketones (excluding diaryl/α,β-unsaturated/α-hetero) is 1. The smallest absolute Gasteiger partial charge is 0.264 e. The zero-order valence-electron chi connectivity index (χ0n) is 18.5. The fourth-order valence-electron chi connectivity index (χ4n) is 4.97. The topological polar surface area (TPSA) is 101 Å². The number of fused-ring (bicyclic) bond motifs is 1. The Morgan fingerprint density at radius 3 is 2.52 bits per heavy atom. The third-order valence-corrected chi connectivity index (χ3v) is 7.58. The van der Waals surface area contributed by atoms with Crippen molar-refractivity contribution in [2.24, 2.45) is 11.7 Å². The van der Waals surface area contributed by atoms with Crippen LogP contribution in [0.3, 0.4) is 0 Å². The summed E-state index contributed by atoms with van der Waals surface area (Å²) in [6.45, 7) is 4.36. The first-order valence-corrected chi connectivity index (χ1v) is 12.2. The van der Waals surface area contributed by atoms with Crippen molar-refractivity contribution in [3.63, 3.8) is 0 Å². The molecule has 3 heterocycles. The molecular formula is C24H26ClN3O4S.